The first-order valence-electron chi connectivity index (χ1n) is 2.98. The van der Waals surface area contributed by atoms with Crippen molar-refractivity contribution in [2.24, 2.45) is 11.7 Å². The molecule has 12 heavy (non-hydrogen) atoms. The van der Waals surface area contributed by atoms with Crippen LogP contribution in [0.3, 0.4) is 0 Å². The van der Waals surface area contributed by atoms with Crippen molar-refractivity contribution in [3.63, 3.8) is 0 Å². The van der Waals surface area contributed by atoms with E-state index >= 15 is 0 Å². The molecular weight excluding hydrogens is 164 g/mol. The summed E-state index contributed by atoms with van der Waals surface area (Å²) >= 11 is 0. The number of aromatic amines is 2. The predicted molar refractivity (Wildman–Crippen MR) is 40.8 cm³/mol. The minimum absolute atomic E-state index is 0.0158. The van der Waals surface area contributed by atoms with Crippen LogP contribution in [0.2, 0.25) is 0 Å². The summed E-state index contributed by atoms with van der Waals surface area (Å²) < 4.78 is 0. The number of anilines is 1. The van der Waals surface area contributed by atoms with Crippen molar-refractivity contribution in [2.75, 3.05) is 5.01 Å². The number of nitrogens with two attached hydrogens (primary N) is 2. The van der Waals surface area contributed by atoms with Gasteiger partial charge in [-0.15, -0.1) is 0 Å². The summed E-state index contributed by atoms with van der Waals surface area (Å²) in [7, 11) is 0. The summed E-state index contributed by atoms with van der Waals surface area (Å²) in [5, 5.41) is 5.18. The fourth-order valence-corrected chi connectivity index (χ4v) is 0.657. The van der Waals surface area contributed by atoms with Crippen LogP contribution in [0.25, 0.3) is 0 Å². The van der Waals surface area contributed by atoms with E-state index in [9.17, 15) is 9.59 Å². The molecule has 1 aromatic rings. The molecule has 7 N–H and O–H groups in total. The van der Waals surface area contributed by atoms with E-state index in [-0.39, 0.29) is 5.69 Å². The number of nitrogens with zero attached hydrogens (tertiary/aromatic N) is 1. The topological polar surface area (TPSA) is 133 Å². The maximum absolute atomic E-state index is 10.9. The highest BCUT2D eigenvalue weighted by Crippen LogP contribution is 1.98. The van der Waals surface area contributed by atoms with E-state index in [0.717, 1.165) is 0 Å². The number of hydrazine groups is 2. The molecule has 0 aliphatic carbocycles. The van der Waals surface area contributed by atoms with Gasteiger partial charge in [0.25, 0.3) is 5.56 Å². The number of hydrogen-bond donors (Lipinski definition) is 5. The Bertz CT molecular complexity index is 326. The van der Waals surface area contributed by atoms with Crippen LogP contribution in [0.4, 0.5) is 10.5 Å². The van der Waals surface area contributed by atoms with Gasteiger partial charge in [0.15, 0.2) is 0 Å². The van der Waals surface area contributed by atoms with Gasteiger partial charge in [0.05, 0.1) is 0 Å². The van der Waals surface area contributed by atoms with Crippen molar-refractivity contribution in [1.29, 1.82) is 0 Å². The van der Waals surface area contributed by atoms with Crippen molar-refractivity contribution >= 4 is 11.7 Å². The van der Waals surface area contributed by atoms with Crippen LogP contribution in [0, 0.1) is 0 Å². The third-order valence-electron chi connectivity index (χ3n) is 1.23. The molecule has 2 amide bonds. The zero-order valence-corrected chi connectivity index (χ0v) is 6.00. The number of nitrogens with one attached hydrogen (secondary N) is 3. The van der Waals surface area contributed by atoms with E-state index < -0.39 is 11.6 Å². The molecular formula is C4H8N6O2. The quantitative estimate of drug-likeness (QED) is 0.190. The highest BCUT2D eigenvalue weighted by atomic mass is 16.2. The molecule has 0 aromatic carbocycles. The van der Waals surface area contributed by atoms with Gasteiger partial charge in [-0.3, -0.25) is 15.3 Å². The first-order valence-corrected chi connectivity index (χ1v) is 2.98. The third-order valence-corrected chi connectivity index (χ3v) is 1.23. The van der Waals surface area contributed by atoms with Crippen molar-refractivity contribution in [1.82, 2.24) is 15.6 Å². The minimum Gasteiger partial charge on any atom is -0.303 e. The Morgan fingerprint density at radius 3 is 2.75 bits per heavy atom. The summed E-state index contributed by atoms with van der Waals surface area (Å²) in [4.78, 5) is 21.6. The SMILES string of the molecule is NNC(=O)N(N)c1c[nH][nH]c1=O. The number of aromatic nitrogens is 2. The largest absolute Gasteiger partial charge is 0.350 e. The number of urea groups is 1. The summed E-state index contributed by atoms with van der Waals surface area (Å²) in [6.45, 7) is 0. The van der Waals surface area contributed by atoms with Crippen LogP contribution >= 0.6 is 0 Å². The van der Waals surface area contributed by atoms with Gasteiger partial charge in [0, 0.05) is 6.20 Å². The van der Waals surface area contributed by atoms with Gasteiger partial charge >= 0.3 is 6.03 Å². The number of carbonyl (C=O) groups excluding carboxylic acids is 1. The predicted octanol–water partition coefficient (Wildman–Crippen LogP) is -2.03. The van der Waals surface area contributed by atoms with Crippen LogP contribution in [0.5, 0.6) is 0 Å². The lowest BCUT2D eigenvalue weighted by Gasteiger charge is -2.11. The zero-order chi connectivity index (χ0) is 9.14. The molecule has 0 aliphatic heterocycles. The van der Waals surface area contributed by atoms with E-state index in [4.69, 9.17) is 11.7 Å². The average Bonchev–Trinajstić information content (AvgIpc) is 2.48. The lowest BCUT2D eigenvalue weighted by Crippen LogP contribution is -2.48. The molecule has 8 nitrogen and oxygen atoms in total. The lowest BCUT2D eigenvalue weighted by molar-refractivity contribution is 0.246. The monoisotopic (exact) mass is 172 g/mol. The summed E-state index contributed by atoms with van der Waals surface area (Å²) in [6, 6.07) is -0.778. The normalized spacial score (nSPS) is 9.50. The van der Waals surface area contributed by atoms with Crippen LogP contribution in [0.1, 0.15) is 0 Å². The van der Waals surface area contributed by atoms with Gasteiger partial charge in [0.2, 0.25) is 0 Å². The summed E-state index contributed by atoms with van der Waals surface area (Å²) in [6.07, 6.45) is 1.25. The molecule has 0 atom stereocenters. The fraction of sp³-hybridized carbons (Fsp3) is 0. The first kappa shape index (κ1) is 8.30. The third kappa shape index (κ3) is 1.28. The van der Waals surface area contributed by atoms with Crippen molar-refractivity contribution < 1.29 is 4.79 Å². The maximum atomic E-state index is 10.9. The molecule has 1 heterocycles. The number of amides is 2. The Morgan fingerprint density at radius 1 is 1.67 bits per heavy atom. The summed E-state index contributed by atoms with van der Waals surface area (Å²) in [5.74, 6) is 9.98. The van der Waals surface area contributed by atoms with Gasteiger partial charge in [-0.1, -0.05) is 0 Å². The van der Waals surface area contributed by atoms with Gasteiger partial charge in [0.1, 0.15) is 5.69 Å². The Morgan fingerprint density at radius 2 is 2.33 bits per heavy atom. The van der Waals surface area contributed by atoms with E-state index in [1.807, 2.05) is 0 Å². The molecule has 0 aliphatic rings. The Balaban J connectivity index is 2.92. The molecule has 0 saturated heterocycles. The minimum atomic E-state index is -0.778. The number of H-pyrrole nitrogens is 2. The van der Waals surface area contributed by atoms with Crippen LogP contribution < -0.4 is 27.7 Å². The zero-order valence-electron chi connectivity index (χ0n) is 6.00. The molecule has 0 bridgehead atoms. The Kier molecular flexibility index (Phi) is 2.12. The van der Waals surface area contributed by atoms with Gasteiger partial charge in [-0.2, -0.15) is 0 Å². The molecule has 8 heteroatoms. The molecule has 0 unspecified atom stereocenters. The molecule has 1 rings (SSSR count). The molecule has 0 saturated carbocycles. The lowest BCUT2D eigenvalue weighted by atomic mass is 10.5. The van der Waals surface area contributed by atoms with Crippen molar-refractivity contribution in [2.45, 2.75) is 0 Å². The van der Waals surface area contributed by atoms with E-state index in [1.54, 1.807) is 5.43 Å². The van der Waals surface area contributed by atoms with E-state index in [2.05, 4.69) is 10.2 Å². The van der Waals surface area contributed by atoms with E-state index in [1.165, 1.54) is 6.20 Å². The van der Waals surface area contributed by atoms with Crippen LogP contribution in [-0.2, 0) is 0 Å². The second-order valence-electron chi connectivity index (χ2n) is 1.95. The Labute approximate surface area is 66.4 Å². The van der Waals surface area contributed by atoms with Crippen LogP contribution in [0.15, 0.2) is 11.0 Å². The van der Waals surface area contributed by atoms with Gasteiger partial charge < -0.3 is 5.10 Å². The smallest absolute Gasteiger partial charge is 0.303 e. The number of carbonyl (C=O) groups is 1. The number of rotatable bonds is 1. The van der Waals surface area contributed by atoms with E-state index in [0.29, 0.717) is 5.01 Å². The maximum Gasteiger partial charge on any atom is 0.350 e. The second-order valence-corrected chi connectivity index (χ2v) is 1.95. The second kappa shape index (κ2) is 3.07. The highest BCUT2D eigenvalue weighted by molar-refractivity contribution is 5.89. The van der Waals surface area contributed by atoms with Gasteiger partial charge in [-0.05, 0) is 0 Å². The summed E-state index contributed by atoms with van der Waals surface area (Å²) in [5.41, 5.74) is 1.26. The van der Waals surface area contributed by atoms with Gasteiger partial charge in [-0.25, -0.2) is 21.5 Å². The van der Waals surface area contributed by atoms with Crippen molar-refractivity contribution in [3.8, 4) is 0 Å². The average molecular weight is 172 g/mol. The Hall–Kier alpha value is -1.80. The fourth-order valence-electron chi connectivity index (χ4n) is 0.657. The van der Waals surface area contributed by atoms with Crippen LogP contribution in [-0.4, -0.2) is 16.2 Å². The molecule has 0 fully saturated rings. The standard InChI is InChI=1S/C4H8N6O2/c5-8-4(12)10(6)2-1-7-9-3(2)11/h1H,5-6H2,(H,8,12)(H2,7,9,11). The van der Waals surface area contributed by atoms with Crippen molar-refractivity contribution in [3.05, 3.63) is 16.6 Å². The molecule has 1 aromatic heterocycles. The molecule has 0 spiro atoms. The number of hydrogen-bond acceptors (Lipinski definition) is 4. The first-order chi connectivity index (χ1) is 5.66. The molecule has 0 radical (unpaired) electrons. The highest BCUT2D eigenvalue weighted by Gasteiger charge is 2.13. The molecule has 66 valence electrons.